The molecule has 0 radical (unpaired) electrons. The topological polar surface area (TPSA) is 60.8 Å². The summed E-state index contributed by atoms with van der Waals surface area (Å²) in [6.45, 7) is 6.73. The number of thiophene rings is 1. The van der Waals surface area contributed by atoms with Gasteiger partial charge in [-0.3, -0.25) is 0 Å². The fraction of sp³-hybridized carbons (Fsp3) is 0.400. The minimum atomic E-state index is -0.461. The van der Waals surface area contributed by atoms with Gasteiger partial charge in [0.2, 0.25) is 5.95 Å². The Kier molecular flexibility index (Phi) is 7.02. The van der Waals surface area contributed by atoms with Crippen molar-refractivity contribution in [2.45, 2.75) is 58.4 Å². The number of nitrogens with zero attached hydrogens (tertiary/aromatic N) is 1. The number of aromatic nitrogens is 1. The molecule has 0 saturated carbocycles. The van der Waals surface area contributed by atoms with Gasteiger partial charge in [0.15, 0.2) is 12.1 Å². The summed E-state index contributed by atoms with van der Waals surface area (Å²) in [5.41, 5.74) is 4.30. The molecule has 0 amide bonds. The van der Waals surface area contributed by atoms with Gasteiger partial charge >= 0.3 is 0 Å². The molecule has 7 heteroatoms. The number of halogens is 1. The second-order valence-electron chi connectivity index (χ2n) is 8.43. The number of hydrogen-bond donors (Lipinski definition) is 1. The van der Waals surface area contributed by atoms with Gasteiger partial charge in [-0.15, -0.1) is 11.3 Å². The quantitative estimate of drug-likeness (QED) is 0.544. The summed E-state index contributed by atoms with van der Waals surface area (Å²) in [5.74, 6) is -0.896. The van der Waals surface area contributed by atoms with Gasteiger partial charge in [-0.2, -0.15) is 4.39 Å². The Morgan fingerprint density at radius 1 is 1.16 bits per heavy atom. The molecule has 2 aliphatic heterocycles. The highest BCUT2D eigenvalue weighted by atomic mass is 32.1. The number of aliphatic hydroxyl groups excluding tert-OH is 1. The normalized spacial score (nSPS) is 21.2. The Labute approximate surface area is 191 Å². The molecule has 4 heterocycles. The number of pyridine rings is 1. The van der Waals surface area contributed by atoms with E-state index in [0.29, 0.717) is 0 Å². The summed E-state index contributed by atoms with van der Waals surface area (Å²) in [7, 11) is 0. The van der Waals surface area contributed by atoms with Crippen LogP contribution in [-0.2, 0) is 27.2 Å². The van der Waals surface area contributed by atoms with E-state index in [2.05, 4.69) is 18.0 Å². The summed E-state index contributed by atoms with van der Waals surface area (Å²) in [4.78, 5) is 6.01. The molecule has 5 nitrogen and oxygen atoms in total. The van der Waals surface area contributed by atoms with Gasteiger partial charge in [-0.1, -0.05) is 18.2 Å². The molecule has 32 heavy (non-hydrogen) atoms. The molecule has 1 N–H and O–H groups in total. The van der Waals surface area contributed by atoms with Crippen molar-refractivity contribution in [3.63, 3.8) is 0 Å². The van der Waals surface area contributed by atoms with Gasteiger partial charge in [0.05, 0.1) is 13.2 Å². The molecular weight excluding hydrogens is 429 g/mol. The van der Waals surface area contributed by atoms with Gasteiger partial charge in [-0.05, 0) is 61.7 Å². The first-order valence-electron chi connectivity index (χ1n) is 10.7. The number of aliphatic hydroxyl groups is 1. The summed E-state index contributed by atoms with van der Waals surface area (Å²) in [6, 6.07) is 13.3. The van der Waals surface area contributed by atoms with Crippen molar-refractivity contribution in [2.24, 2.45) is 0 Å². The Bertz CT molecular complexity index is 1040. The molecule has 0 spiro atoms. The number of rotatable bonds is 4. The molecule has 3 aromatic rings. The lowest BCUT2D eigenvalue weighted by molar-refractivity contribution is -0.192. The average molecular weight is 458 g/mol. The maximum Gasteiger partial charge on any atom is 0.212 e. The van der Waals surface area contributed by atoms with Crippen molar-refractivity contribution in [1.82, 2.24) is 4.98 Å². The number of aryl methyl sites for hydroxylation is 1. The molecule has 2 unspecified atom stereocenters. The number of hydrogen-bond acceptors (Lipinski definition) is 6. The van der Waals surface area contributed by atoms with Gasteiger partial charge < -0.3 is 19.3 Å². The molecule has 0 aliphatic carbocycles. The fourth-order valence-corrected chi connectivity index (χ4v) is 4.81. The minimum absolute atomic E-state index is 0.0597. The Morgan fingerprint density at radius 3 is 2.72 bits per heavy atom. The minimum Gasteiger partial charge on any atom is -0.392 e. The zero-order chi connectivity index (χ0) is 22.7. The van der Waals surface area contributed by atoms with Crippen molar-refractivity contribution in [2.75, 3.05) is 6.61 Å². The van der Waals surface area contributed by atoms with Crippen LogP contribution in [0.5, 0.6) is 0 Å². The van der Waals surface area contributed by atoms with E-state index >= 15 is 0 Å². The third kappa shape index (κ3) is 5.60. The zero-order valence-corrected chi connectivity index (χ0v) is 19.3. The van der Waals surface area contributed by atoms with Gasteiger partial charge in [0.1, 0.15) is 6.10 Å². The van der Waals surface area contributed by atoms with Crippen LogP contribution in [0.4, 0.5) is 4.39 Å². The van der Waals surface area contributed by atoms with Crippen LogP contribution in [0, 0.1) is 12.9 Å². The molecule has 2 aromatic heterocycles. The van der Waals surface area contributed by atoms with E-state index in [0.717, 1.165) is 35.5 Å². The van der Waals surface area contributed by atoms with Crippen LogP contribution >= 0.6 is 11.3 Å². The molecule has 170 valence electrons. The largest absolute Gasteiger partial charge is 0.392 e. The van der Waals surface area contributed by atoms with E-state index in [-0.39, 0.29) is 19.0 Å². The van der Waals surface area contributed by atoms with E-state index in [4.69, 9.17) is 14.2 Å². The van der Waals surface area contributed by atoms with Crippen LogP contribution in [0.1, 0.15) is 41.8 Å². The Hall–Kier alpha value is -2.16. The smallest absolute Gasteiger partial charge is 0.212 e. The first-order valence-corrected chi connectivity index (χ1v) is 11.5. The third-order valence-corrected chi connectivity index (χ3v) is 6.59. The van der Waals surface area contributed by atoms with E-state index in [1.54, 1.807) is 23.6 Å². The van der Waals surface area contributed by atoms with E-state index in [1.165, 1.54) is 22.1 Å². The first kappa shape index (κ1) is 23.0. The number of benzene rings is 1. The standard InChI is InChI=1S/C18H16FNOS.C7H12O3/c1-12-2-3-13(11-21)8-15(12)9-16-5-6-17(22-16)14-4-7-18(19)20-10-14;1-7(2)9-5-3-4-8-6(5)10-7/h2-8,10,21H,9,11H2,1H3;5-6H,3-4H2,1-2H3. The highest BCUT2D eigenvalue weighted by Crippen LogP contribution is 2.34. The molecule has 2 saturated heterocycles. The van der Waals surface area contributed by atoms with E-state index < -0.39 is 11.7 Å². The highest BCUT2D eigenvalue weighted by molar-refractivity contribution is 7.15. The second-order valence-corrected chi connectivity index (χ2v) is 9.60. The average Bonchev–Trinajstić information content (AvgIpc) is 3.46. The van der Waals surface area contributed by atoms with Crippen molar-refractivity contribution in [3.05, 3.63) is 76.2 Å². The van der Waals surface area contributed by atoms with E-state index in [9.17, 15) is 9.50 Å². The maximum atomic E-state index is 12.9. The third-order valence-electron chi connectivity index (χ3n) is 5.46. The first-order chi connectivity index (χ1) is 15.3. The predicted octanol–water partition coefficient (Wildman–Crippen LogP) is 5.23. The fourth-order valence-electron chi connectivity index (χ4n) is 3.79. The summed E-state index contributed by atoms with van der Waals surface area (Å²) in [5, 5.41) is 9.26. The monoisotopic (exact) mass is 457 g/mol. The molecule has 2 aliphatic rings. The van der Waals surface area contributed by atoms with Crippen molar-refractivity contribution in [3.8, 4) is 10.4 Å². The summed E-state index contributed by atoms with van der Waals surface area (Å²) < 4.78 is 29.1. The molecule has 0 bridgehead atoms. The van der Waals surface area contributed by atoms with Crippen molar-refractivity contribution < 1.29 is 23.7 Å². The Morgan fingerprint density at radius 2 is 2.00 bits per heavy atom. The van der Waals surface area contributed by atoms with Crippen LogP contribution < -0.4 is 0 Å². The van der Waals surface area contributed by atoms with Gasteiger partial charge in [0.25, 0.3) is 0 Å². The number of fused-ring (bicyclic) bond motifs is 1. The lowest BCUT2D eigenvalue weighted by atomic mass is 10.0. The van der Waals surface area contributed by atoms with Gasteiger partial charge in [-0.25, -0.2) is 4.98 Å². The molecular formula is C25H28FNO4S. The zero-order valence-electron chi connectivity index (χ0n) is 18.5. The summed E-state index contributed by atoms with van der Waals surface area (Å²) in [6.07, 6.45) is 3.43. The summed E-state index contributed by atoms with van der Waals surface area (Å²) >= 11 is 1.68. The lowest BCUT2D eigenvalue weighted by Gasteiger charge is -2.17. The molecule has 1 aromatic carbocycles. The number of ether oxygens (including phenoxy) is 3. The van der Waals surface area contributed by atoms with Crippen LogP contribution in [0.25, 0.3) is 10.4 Å². The van der Waals surface area contributed by atoms with Crippen LogP contribution in [0.15, 0.2) is 48.7 Å². The molecule has 5 rings (SSSR count). The lowest BCUT2D eigenvalue weighted by Crippen LogP contribution is -2.22. The van der Waals surface area contributed by atoms with E-state index in [1.807, 2.05) is 38.1 Å². The predicted molar refractivity (Wildman–Crippen MR) is 122 cm³/mol. The highest BCUT2D eigenvalue weighted by Gasteiger charge is 2.44. The van der Waals surface area contributed by atoms with Crippen molar-refractivity contribution >= 4 is 11.3 Å². The molecule has 2 atom stereocenters. The SMILES string of the molecule is CC1(C)OC2CCOC2O1.Cc1ccc(CO)cc1Cc1ccc(-c2ccc(F)nc2)s1. The Balaban J connectivity index is 0.000000203. The maximum absolute atomic E-state index is 12.9. The van der Waals surface area contributed by atoms with Crippen LogP contribution in [0.3, 0.4) is 0 Å². The van der Waals surface area contributed by atoms with Crippen LogP contribution in [-0.4, -0.2) is 34.9 Å². The molecule has 2 fully saturated rings. The second kappa shape index (κ2) is 9.77. The van der Waals surface area contributed by atoms with Crippen molar-refractivity contribution in [1.29, 1.82) is 0 Å². The van der Waals surface area contributed by atoms with Gasteiger partial charge in [0, 0.05) is 34.4 Å². The van der Waals surface area contributed by atoms with Crippen LogP contribution in [0.2, 0.25) is 0 Å².